The van der Waals surface area contributed by atoms with Gasteiger partial charge in [0.1, 0.15) is 0 Å². The molecule has 0 radical (unpaired) electrons. The van der Waals surface area contributed by atoms with Gasteiger partial charge < -0.3 is 0 Å². The van der Waals surface area contributed by atoms with Crippen LogP contribution < -0.4 is 0 Å². The van der Waals surface area contributed by atoms with Gasteiger partial charge in [0.25, 0.3) is 0 Å². The molecule has 0 unspecified atom stereocenters. The van der Waals surface area contributed by atoms with Gasteiger partial charge in [-0.15, -0.1) is 0 Å². The lowest BCUT2D eigenvalue weighted by atomic mass is 9.83. The molecule has 1 atom stereocenters. The molecule has 1 aliphatic carbocycles. The van der Waals surface area contributed by atoms with Crippen LogP contribution in [0.15, 0.2) is 12.2 Å². The van der Waals surface area contributed by atoms with E-state index in [0.29, 0.717) is 5.41 Å². The summed E-state index contributed by atoms with van der Waals surface area (Å²) in [6, 6.07) is 0. The monoisotopic (exact) mass is 166 g/mol. The van der Waals surface area contributed by atoms with Crippen LogP contribution in [0.5, 0.6) is 0 Å². The first kappa shape index (κ1) is 9.83. The Morgan fingerprint density at radius 2 is 2.08 bits per heavy atom. The van der Waals surface area contributed by atoms with Crippen LogP contribution in [0.1, 0.15) is 52.9 Å². The van der Waals surface area contributed by atoms with Crippen molar-refractivity contribution in [3.05, 3.63) is 12.2 Å². The highest BCUT2D eigenvalue weighted by molar-refractivity contribution is 4.93. The number of rotatable bonds is 2. The largest absolute Gasteiger partial charge is 0.0883 e. The summed E-state index contributed by atoms with van der Waals surface area (Å²) < 4.78 is 0. The molecular weight excluding hydrogens is 144 g/mol. The average molecular weight is 166 g/mol. The van der Waals surface area contributed by atoms with Gasteiger partial charge in [-0.2, -0.15) is 0 Å². The number of hydrogen-bond acceptors (Lipinski definition) is 0. The highest BCUT2D eigenvalue weighted by atomic mass is 14.2. The summed E-state index contributed by atoms with van der Waals surface area (Å²) in [5.41, 5.74) is 0.519. The Bertz CT molecular complexity index is 148. The Labute approximate surface area is 77.1 Å². The van der Waals surface area contributed by atoms with E-state index in [2.05, 4.69) is 32.9 Å². The molecule has 0 bridgehead atoms. The van der Waals surface area contributed by atoms with Crippen molar-refractivity contribution in [2.24, 2.45) is 11.3 Å². The summed E-state index contributed by atoms with van der Waals surface area (Å²) in [6.45, 7) is 7.00. The summed E-state index contributed by atoms with van der Waals surface area (Å²) in [6.07, 6.45) is 11.7. The predicted molar refractivity (Wildman–Crippen MR) is 55.2 cm³/mol. The van der Waals surface area contributed by atoms with Crippen molar-refractivity contribution in [1.29, 1.82) is 0 Å². The van der Waals surface area contributed by atoms with E-state index in [-0.39, 0.29) is 0 Å². The van der Waals surface area contributed by atoms with Crippen molar-refractivity contribution in [2.75, 3.05) is 0 Å². The molecule has 0 fully saturated rings. The molecule has 12 heavy (non-hydrogen) atoms. The third-order valence-corrected chi connectivity index (χ3v) is 2.62. The Kier molecular flexibility index (Phi) is 3.37. The Morgan fingerprint density at radius 3 is 2.58 bits per heavy atom. The van der Waals surface area contributed by atoms with Crippen LogP contribution in [-0.4, -0.2) is 0 Å². The van der Waals surface area contributed by atoms with Crippen molar-refractivity contribution in [1.82, 2.24) is 0 Å². The van der Waals surface area contributed by atoms with Crippen LogP contribution >= 0.6 is 0 Å². The molecule has 0 aromatic rings. The maximum absolute atomic E-state index is 2.43. The molecule has 0 amide bonds. The summed E-state index contributed by atoms with van der Waals surface area (Å²) >= 11 is 0. The lowest BCUT2D eigenvalue weighted by Crippen LogP contribution is -2.09. The SMILES string of the molecule is CC(C)(C)CC[C@@H]1C=CCCC1. The summed E-state index contributed by atoms with van der Waals surface area (Å²) in [7, 11) is 0. The molecular formula is C12H22. The molecule has 0 aliphatic heterocycles. The fraction of sp³-hybridized carbons (Fsp3) is 0.833. The van der Waals surface area contributed by atoms with Gasteiger partial charge in [-0.3, -0.25) is 0 Å². The van der Waals surface area contributed by atoms with E-state index in [1.807, 2.05) is 0 Å². The number of allylic oxidation sites excluding steroid dienone is 2. The predicted octanol–water partition coefficient (Wildman–Crippen LogP) is 4.17. The third kappa shape index (κ3) is 3.94. The van der Waals surface area contributed by atoms with Gasteiger partial charge in [0.05, 0.1) is 0 Å². The van der Waals surface area contributed by atoms with Crippen molar-refractivity contribution in [3.63, 3.8) is 0 Å². The van der Waals surface area contributed by atoms with Crippen LogP contribution in [0.4, 0.5) is 0 Å². The standard InChI is InChI=1S/C12H22/c1-12(2,3)10-9-11-7-5-4-6-8-11/h5,7,11H,4,6,8-10H2,1-3H3/t11-/m1/s1. The maximum Gasteiger partial charge on any atom is -0.0233 e. The van der Waals surface area contributed by atoms with E-state index in [9.17, 15) is 0 Å². The van der Waals surface area contributed by atoms with Crippen molar-refractivity contribution >= 4 is 0 Å². The normalized spacial score (nSPS) is 24.4. The minimum Gasteiger partial charge on any atom is -0.0883 e. The molecule has 70 valence electrons. The molecule has 0 heterocycles. The van der Waals surface area contributed by atoms with Crippen LogP contribution in [0, 0.1) is 11.3 Å². The van der Waals surface area contributed by atoms with Gasteiger partial charge >= 0.3 is 0 Å². The summed E-state index contributed by atoms with van der Waals surface area (Å²) in [4.78, 5) is 0. The second-order valence-corrected chi connectivity index (χ2v) is 5.22. The van der Waals surface area contributed by atoms with Crippen molar-refractivity contribution < 1.29 is 0 Å². The topological polar surface area (TPSA) is 0 Å². The van der Waals surface area contributed by atoms with Gasteiger partial charge in [0.15, 0.2) is 0 Å². The molecule has 0 heteroatoms. The van der Waals surface area contributed by atoms with Gasteiger partial charge in [0.2, 0.25) is 0 Å². The minimum atomic E-state index is 0.519. The third-order valence-electron chi connectivity index (χ3n) is 2.62. The lowest BCUT2D eigenvalue weighted by molar-refractivity contribution is 0.331. The van der Waals surface area contributed by atoms with E-state index in [1.54, 1.807) is 0 Å². The molecule has 0 saturated heterocycles. The molecule has 0 aromatic heterocycles. The zero-order valence-electron chi connectivity index (χ0n) is 8.77. The van der Waals surface area contributed by atoms with E-state index >= 15 is 0 Å². The second kappa shape index (κ2) is 4.11. The van der Waals surface area contributed by atoms with Gasteiger partial charge in [-0.25, -0.2) is 0 Å². The minimum absolute atomic E-state index is 0.519. The second-order valence-electron chi connectivity index (χ2n) is 5.22. The van der Waals surface area contributed by atoms with E-state index < -0.39 is 0 Å². The molecule has 1 aliphatic rings. The van der Waals surface area contributed by atoms with Crippen LogP contribution in [-0.2, 0) is 0 Å². The molecule has 0 spiro atoms. The van der Waals surface area contributed by atoms with Crippen LogP contribution in [0.25, 0.3) is 0 Å². The zero-order chi connectivity index (χ0) is 9.03. The zero-order valence-corrected chi connectivity index (χ0v) is 8.77. The first-order valence-corrected chi connectivity index (χ1v) is 5.24. The number of hydrogen-bond donors (Lipinski definition) is 0. The van der Waals surface area contributed by atoms with Crippen molar-refractivity contribution in [3.8, 4) is 0 Å². The van der Waals surface area contributed by atoms with Gasteiger partial charge in [-0.1, -0.05) is 32.9 Å². The van der Waals surface area contributed by atoms with Crippen molar-refractivity contribution in [2.45, 2.75) is 52.9 Å². The van der Waals surface area contributed by atoms with Crippen LogP contribution in [0.3, 0.4) is 0 Å². The summed E-state index contributed by atoms with van der Waals surface area (Å²) in [5.74, 6) is 0.887. The van der Waals surface area contributed by atoms with Gasteiger partial charge in [0, 0.05) is 0 Å². The molecule has 0 N–H and O–H groups in total. The Balaban J connectivity index is 2.22. The quantitative estimate of drug-likeness (QED) is 0.540. The highest BCUT2D eigenvalue weighted by Gasteiger charge is 2.14. The molecule has 0 aromatic carbocycles. The Hall–Kier alpha value is -0.260. The molecule has 1 rings (SSSR count). The highest BCUT2D eigenvalue weighted by Crippen LogP contribution is 2.28. The summed E-state index contributed by atoms with van der Waals surface area (Å²) in [5, 5.41) is 0. The Morgan fingerprint density at radius 1 is 1.33 bits per heavy atom. The first-order valence-electron chi connectivity index (χ1n) is 5.24. The fourth-order valence-corrected chi connectivity index (χ4v) is 1.74. The maximum atomic E-state index is 2.43. The van der Waals surface area contributed by atoms with E-state index in [0.717, 1.165) is 5.92 Å². The molecule has 0 nitrogen and oxygen atoms in total. The smallest absolute Gasteiger partial charge is 0.0233 e. The lowest BCUT2D eigenvalue weighted by Gasteiger charge is -2.22. The van der Waals surface area contributed by atoms with E-state index in [4.69, 9.17) is 0 Å². The van der Waals surface area contributed by atoms with Gasteiger partial charge in [-0.05, 0) is 43.4 Å². The fourth-order valence-electron chi connectivity index (χ4n) is 1.74. The molecule has 0 saturated carbocycles. The average Bonchev–Trinajstić information content (AvgIpc) is 2.02. The first-order chi connectivity index (χ1) is 5.58. The van der Waals surface area contributed by atoms with E-state index in [1.165, 1.54) is 32.1 Å². The van der Waals surface area contributed by atoms with Crippen LogP contribution in [0.2, 0.25) is 0 Å².